The molecule has 1 atom stereocenters. The Morgan fingerprint density at radius 1 is 1.38 bits per heavy atom. The van der Waals surface area contributed by atoms with Gasteiger partial charge in [-0.3, -0.25) is 4.99 Å². The van der Waals surface area contributed by atoms with Crippen LogP contribution in [0.15, 0.2) is 33.7 Å². The van der Waals surface area contributed by atoms with Gasteiger partial charge < -0.3 is 15.4 Å². The number of guanidine groups is 1. The van der Waals surface area contributed by atoms with Gasteiger partial charge >= 0.3 is 0 Å². The van der Waals surface area contributed by atoms with Crippen LogP contribution in [0, 0.1) is 0 Å². The topological polar surface area (TPSA) is 76.4 Å². The maximum absolute atomic E-state index is 5.14. The highest BCUT2D eigenvalue weighted by molar-refractivity contribution is 14.0. The zero-order valence-corrected chi connectivity index (χ0v) is 20.7. The largest absolute Gasteiger partial charge is 0.377 e. The third-order valence-corrected chi connectivity index (χ3v) is 6.32. The maximum atomic E-state index is 5.14. The van der Waals surface area contributed by atoms with Crippen molar-refractivity contribution in [1.29, 1.82) is 0 Å². The van der Waals surface area contributed by atoms with E-state index in [4.69, 9.17) is 4.74 Å². The normalized spacial score (nSPS) is 19.8. The lowest BCUT2D eigenvalue weighted by Gasteiger charge is -2.26. The van der Waals surface area contributed by atoms with Crippen molar-refractivity contribution in [2.45, 2.75) is 50.3 Å². The van der Waals surface area contributed by atoms with Crippen LogP contribution in [0.2, 0.25) is 0 Å². The number of methoxy groups -OCH3 is 1. The van der Waals surface area contributed by atoms with E-state index in [1.807, 2.05) is 11.7 Å². The smallest absolute Gasteiger partial charge is 0.191 e. The quantitative estimate of drug-likeness (QED) is 0.315. The summed E-state index contributed by atoms with van der Waals surface area (Å²) in [6.07, 6.45) is 4.33. The van der Waals surface area contributed by atoms with E-state index in [1.165, 1.54) is 22.9 Å². The van der Waals surface area contributed by atoms with Crippen LogP contribution in [0.1, 0.15) is 36.5 Å². The third-order valence-electron chi connectivity index (χ3n) is 5.63. The van der Waals surface area contributed by atoms with E-state index in [9.17, 15) is 0 Å². The molecule has 29 heavy (non-hydrogen) atoms. The molecule has 1 unspecified atom stereocenters. The lowest BCUT2D eigenvalue weighted by molar-refractivity contribution is 0.177. The zero-order chi connectivity index (χ0) is 19.6. The average molecular weight is 575 g/mol. The van der Waals surface area contributed by atoms with Crippen LogP contribution in [-0.4, -0.2) is 47.5 Å². The Morgan fingerprint density at radius 2 is 2.17 bits per heavy atom. The average Bonchev–Trinajstić information content (AvgIpc) is 3.38. The third kappa shape index (κ3) is 5.11. The van der Waals surface area contributed by atoms with Crippen LogP contribution in [0.25, 0.3) is 0 Å². The first-order chi connectivity index (χ1) is 13.6. The van der Waals surface area contributed by atoms with Crippen LogP contribution in [0.4, 0.5) is 0 Å². The Labute approximate surface area is 197 Å². The molecule has 9 heteroatoms. The number of aromatic nitrogens is 3. The molecule has 4 rings (SSSR count). The first-order valence-electron chi connectivity index (χ1n) is 9.77. The summed E-state index contributed by atoms with van der Waals surface area (Å²) in [5.41, 5.74) is 1.59. The van der Waals surface area contributed by atoms with E-state index >= 15 is 0 Å². The number of nitrogens with zero attached hydrogens (tertiary/aromatic N) is 4. The molecule has 0 spiro atoms. The van der Waals surface area contributed by atoms with E-state index in [-0.39, 0.29) is 35.4 Å². The zero-order valence-electron chi connectivity index (χ0n) is 16.8. The van der Waals surface area contributed by atoms with Crippen molar-refractivity contribution in [2.75, 3.05) is 20.7 Å². The number of benzene rings is 1. The number of hydrogen-bond donors (Lipinski definition) is 2. The van der Waals surface area contributed by atoms with Gasteiger partial charge in [0.1, 0.15) is 12.4 Å². The fourth-order valence-corrected chi connectivity index (χ4v) is 4.60. The lowest BCUT2D eigenvalue weighted by Crippen LogP contribution is -2.48. The molecule has 2 heterocycles. The molecule has 1 aromatic carbocycles. The number of hydrogen-bond acceptors (Lipinski definition) is 4. The van der Waals surface area contributed by atoms with Crippen LogP contribution >= 0.6 is 39.9 Å². The molecule has 158 valence electrons. The van der Waals surface area contributed by atoms with Crippen LogP contribution in [-0.2, 0) is 29.7 Å². The van der Waals surface area contributed by atoms with Gasteiger partial charge in [0.25, 0.3) is 0 Å². The fourth-order valence-electron chi connectivity index (χ4n) is 3.89. The van der Waals surface area contributed by atoms with Gasteiger partial charge in [0, 0.05) is 43.1 Å². The molecule has 0 amide bonds. The Balaban J connectivity index is 0.00000240. The summed E-state index contributed by atoms with van der Waals surface area (Å²) in [6, 6.07) is 8.81. The SMILES string of the molecule is CN=C(NCC1(c2ccccc2Br)CC1)NC1CCc2nc(COC)nn2C1.I. The number of aryl methyl sites for hydroxylation is 1. The van der Waals surface area contributed by atoms with E-state index in [0.29, 0.717) is 6.61 Å². The Hall–Kier alpha value is -1.20. The van der Waals surface area contributed by atoms with Crippen LogP contribution < -0.4 is 10.6 Å². The number of fused-ring (bicyclic) bond motifs is 1. The Bertz CT molecular complexity index is 866. The second kappa shape index (κ2) is 9.74. The monoisotopic (exact) mass is 574 g/mol. The van der Waals surface area contributed by atoms with E-state index in [1.54, 1.807) is 7.11 Å². The minimum absolute atomic E-state index is 0. The van der Waals surface area contributed by atoms with Crippen molar-refractivity contribution < 1.29 is 4.74 Å². The molecule has 1 aliphatic heterocycles. The number of nitrogens with one attached hydrogen (secondary N) is 2. The number of ether oxygens (including phenoxy) is 1. The highest BCUT2D eigenvalue weighted by Gasteiger charge is 2.45. The van der Waals surface area contributed by atoms with Gasteiger partial charge in [0.2, 0.25) is 0 Å². The Morgan fingerprint density at radius 3 is 2.86 bits per heavy atom. The first kappa shape index (κ1) is 22.5. The highest BCUT2D eigenvalue weighted by Crippen LogP contribution is 2.49. The summed E-state index contributed by atoms with van der Waals surface area (Å²) >= 11 is 3.71. The summed E-state index contributed by atoms with van der Waals surface area (Å²) in [6.45, 7) is 2.13. The van der Waals surface area contributed by atoms with Gasteiger partial charge in [0.05, 0.1) is 6.54 Å². The summed E-state index contributed by atoms with van der Waals surface area (Å²) in [5.74, 6) is 2.65. The van der Waals surface area contributed by atoms with E-state index < -0.39 is 0 Å². The summed E-state index contributed by atoms with van der Waals surface area (Å²) in [4.78, 5) is 8.98. The van der Waals surface area contributed by atoms with E-state index in [0.717, 1.165) is 43.5 Å². The molecule has 1 aliphatic carbocycles. The summed E-state index contributed by atoms with van der Waals surface area (Å²) < 4.78 is 8.32. The molecule has 0 bridgehead atoms. The predicted octanol–water partition coefficient (Wildman–Crippen LogP) is 3.02. The molecule has 0 saturated heterocycles. The first-order valence-corrected chi connectivity index (χ1v) is 10.6. The molecule has 2 aromatic rings. The molecule has 2 aliphatic rings. The minimum Gasteiger partial charge on any atom is -0.377 e. The van der Waals surface area contributed by atoms with Gasteiger partial charge in [-0.25, -0.2) is 9.67 Å². The number of rotatable bonds is 6. The van der Waals surface area contributed by atoms with Crippen molar-refractivity contribution in [2.24, 2.45) is 4.99 Å². The summed E-state index contributed by atoms with van der Waals surface area (Å²) in [7, 11) is 3.49. The second-order valence-electron chi connectivity index (χ2n) is 7.63. The summed E-state index contributed by atoms with van der Waals surface area (Å²) in [5, 5.41) is 11.7. The van der Waals surface area contributed by atoms with Gasteiger partial charge in [0.15, 0.2) is 11.8 Å². The maximum Gasteiger partial charge on any atom is 0.191 e. The van der Waals surface area contributed by atoms with Crippen molar-refractivity contribution in [3.05, 3.63) is 46.0 Å². The molecule has 1 saturated carbocycles. The number of halogens is 2. The van der Waals surface area contributed by atoms with E-state index in [2.05, 4.69) is 65.9 Å². The van der Waals surface area contributed by atoms with Gasteiger partial charge in [-0.15, -0.1) is 24.0 Å². The molecule has 1 aromatic heterocycles. The van der Waals surface area contributed by atoms with Crippen molar-refractivity contribution >= 4 is 45.9 Å². The Kier molecular flexibility index (Phi) is 7.55. The standard InChI is InChI=1S/C20H27BrN6O.HI/c1-22-19(23-13-20(9-10-20)15-5-3-4-6-16(15)21)24-14-7-8-18-25-17(12-28-2)26-27(18)11-14;/h3-6,14H,7-13H2,1-2H3,(H2,22,23,24);1H. The fraction of sp³-hybridized carbons (Fsp3) is 0.550. The van der Waals surface area contributed by atoms with Gasteiger partial charge in [-0.05, 0) is 30.9 Å². The second-order valence-corrected chi connectivity index (χ2v) is 8.48. The van der Waals surface area contributed by atoms with Crippen LogP contribution in [0.5, 0.6) is 0 Å². The lowest BCUT2D eigenvalue weighted by atomic mass is 9.96. The molecule has 0 radical (unpaired) electrons. The molecule has 2 N–H and O–H groups in total. The van der Waals surface area contributed by atoms with Gasteiger partial charge in [-0.1, -0.05) is 34.1 Å². The van der Waals surface area contributed by atoms with Crippen molar-refractivity contribution in [3.8, 4) is 0 Å². The molecular formula is C20H28BrIN6O. The molecule has 1 fully saturated rings. The molecular weight excluding hydrogens is 547 g/mol. The van der Waals surface area contributed by atoms with Gasteiger partial charge in [-0.2, -0.15) is 5.10 Å². The predicted molar refractivity (Wildman–Crippen MR) is 128 cm³/mol. The van der Waals surface area contributed by atoms with Crippen molar-refractivity contribution in [3.63, 3.8) is 0 Å². The highest BCUT2D eigenvalue weighted by atomic mass is 127. The van der Waals surface area contributed by atoms with Crippen LogP contribution in [0.3, 0.4) is 0 Å². The molecule has 7 nitrogen and oxygen atoms in total. The number of aliphatic imine (C=N–C) groups is 1. The van der Waals surface area contributed by atoms with Crippen molar-refractivity contribution in [1.82, 2.24) is 25.4 Å². The minimum atomic E-state index is 0.